The zero-order chi connectivity index (χ0) is 9.42. The summed E-state index contributed by atoms with van der Waals surface area (Å²) in [6.07, 6.45) is 7.37. The van der Waals surface area contributed by atoms with Crippen molar-refractivity contribution in [3.05, 3.63) is 35.8 Å². The van der Waals surface area contributed by atoms with Crippen LogP contribution in [0.4, 0.5) is 4.39 Å². The maximum atomic E-state index is 13.0. The number of nitrogens with zero attached hydrogens (tertiary/aromatic N) is 1. The molecule has 70 valence electrons. The Morgan fingerprint density at radius 2 is 2.31 bits per heavy atom. The third-order valence-electron chi connectivity index (χ3n) is 2.80. The van der Waals surface area contributed by atoms with E-state index in [2.05, 4.69) is 24.9 Å². The average molecular weight is 179 g/mol. The Labute approximate surface area is 78.2 Å². The predicted molar refractivity (Wildman–Crippen MR) is 51.7 cm³/mol. The summed E-state index contributed by atoms with van der Waals surface area (Å²) in [7, 11) is 0. The largest absolute Gasteiger partial charge is 0.370 e. The first-order chi connectivity index (χ1) is 6.22. The van der Waals surface area contributed by atoms with Crippen LogP contribution < -0.4 is 0 Å². The van der Waals surface area contributed by atoms with Crippen molar-refractivity contribution in [3.8, 4) is 0 Å². The molecular formula is C11H14FN. The van der Waals surface area contributed by atoms with Crippen LogP contribution in [0, 0.1) is 5.92 Å². The summed E-state index contributed by atoms with van der Waals surface area (Å²) in [5, 5.41) is 0. The van der Waals surface area contributed by atoms with Crippen molar-refractivity contribution in [1.82, 2.24) is 4.90 Å². The van der Waals surface area contributed by atoms with E-state index in [0.29, 0.717) is 6.04 Å². The molecule has 2 rings (SSSR count). The summed E-state index contributed by atoms with van der Waals surface area (Å²) in [5.74, 6) is 0.150. The normalized spacial score (nSPS) is 31.5. The minimum Gasteiger partial charge on any atom is -0.370 e. The lowest BCUT2D eigenvalue weighted by atomic mass is 9.91. The Kier molecular flexibility index (Phi) is 1.98. The van der Waals surface area contributed by atoms with E-state index < -0.39 is 0 Å². The molecule has 1 nitrogen and oxygen atoms in total. The van der Waals surface area contributed by atoms with E-state index in [1.165, 1.54) is 5.57 Å². The standard InChI is InChI=1S/C11H14FN/c1-3-13-7-8(2)10-6-9(12)4-5-11(10)13/h4-7,10-11H,3H2,1-2H3. The van der Waals surface area contributed by atoms with E-state index >= 15 is 0 Å². The van der Waals surface area contributed by atoms with Crippen LogP contribution in [0.25, 0.3) is 0 Å². The minimum atomic E-state index is -0.105. The van der Waals surface area contributed by atoms with E-state index in [4.69, 9.17) is 0 Å². The highest BCUT2D eigenvalue weighted by molar-refractivity contribution is 5.33. The highest BCUT2D eigenvalue weighted by Gasteiger charge is 2.31. The van der Waals surface area contributed by atoms with Crippen molar-refractivity contribution in [1.29, 1.82) is 0 Å². The smallest absolute Gasteiger partial charge is 0.119 e. The fourth-order valence-corrected chi connectivity index (χ4v) is 2.09. The lowest BCUT2D eigenvalue weighted by Gasteiger charge is -2.26. The van der Waals surface area contributed by atoms with Crippen LogP contribution in [-0.4, -0.2) is 17.5 Å². The molecule has 1 heterocycles. The van der Waals surface area contributed by atoms with Gasteiger partial charge in [-0.25, -0.2) is 4.39 Å². The average Bonchev–Trinajstić information content (AvgIpc) is 2.43. The zero-order valence-corrected chi connectivity index (χ0v) is 8.00. The SMILES string of the molecule is CCN1C=C(C)C2C=C(F)C=CC21. The number of rotatable bonds is 1. The lowest BCUT2D eigenvalue weighted by molar-refractivity contribution is 0.329. The van der Waals surface area contributed by atoms with Gasteiger partial charge in [0.05, 0.1) is 6.04 Å². The Balaban J connectivity index is 2.28. The molecule has 0 spiro atoms. The molecule has 0 fully saturated rings. The van der Waals surface area contributed by atoms with Crippen LogP contribution in [0.3, 0.4) is 0 Å². The van der Waals surface area contributed by atoms with Gasteiger partial charge in [-0.3, -0.25) is 0 Å². The van der Waals surface area contributed by atoms with Gasteiger partial charge in [-0.1, -0.05) is 6.08 Å². The van der Waals surface area contributed by atoms with E-state index in [9.17, 15) is 4.39 Å². The summed E-state index contributed by atoms with van der Waals surface area (Å²) in [4.78, 5) is 2.25. The summed E-state index contributed by atoms with van der Waals surface area (Å²) in [6, 6.07) is 0.351. The Bertz CT molecular complexity index is 301. The molecule has 0 saturated carbocycles. The molecule has 0 aromatic heterocycles. The van der Waals surface area contributed by atoms with Crippen molar-refractivity contribution in [2.24, 2.45) is 5.92 Å². The van der Waals surface area contributed by atoms with Gasteiger partial charge in [0.1, 0.15) is 5.83 Å². The molecule has 0 saturated heterocycles. The van der Waals surface area contributed by atoms with Gasteiger partial charge in [0, 0.05) is 12.5 Å². The van der Waals surface area contributed by atoms with Crippen LogP contribution in [0.2, 0.25) is 0 Å². The topological polar surface area (TPSA) is 3.24 Å². The molecule has 0 aromatic rings. The molecule has 0 N–H and O–H groups in total. The van der Waals surface area contributed by atoms with Gasteiger partial charge < -0.3 is 4.90 Å². The van der Waals surface area contributed by atoms with E-state index in [1.54, 1.807) is 12.2 Å². The van der Waals surface area contributed by atoms with Gasteiger partial charge >= 0.3 is 0 Å². The van der Waals surface area contributed by atoms with Gasteiger partial charge in [0.15, 0.2) is 0 Å². The summed E-state index contributed by atoms with van der Waals surface area (Å²) in [6.45, 7) is 5.17. The Morgan fingerprint density at radius 1 is 1.54 bits per heavy atom. The number of fused-ring (bicyclic) bond motifs is 1. The molecule has 0 amide bonds. The third-order valence-corrected chi connectivity index (χ3v) is 2.80. The second-order valence-electron chi connectivity index (χ2n) is 3.63. The lowest BCUT2D eigenvalue weighted by Crippen LogP contribution is -2.30. The Hall–Kier alpha value is -1.05. The highest BCUT2D eigenvalue weighted by Crippen LogP contribution is 2.33. The first kappa shape index (κ1) is 8.54. The number of allylic oxidation sites excluding steroid dienone is 2. The molecule has 2 unspecified atom stereocenters. The second-order valence-corrected chi connectivity index (χ2v) is 3.63. The second kappa shape index (κ2) is 3.02. The quantitative estimate of drug-likeness (QED) is 0.598. The van der Waals surface area contributed by atoms with Crippen molar-refractivity contribution < 1.29 is 4.39 Å². The highest BCUT2D eigenvalue weighted by atomic mass is 19.1. The minimum absolute atomic E-state index is 0.105. The summed E-state index contributed by atoms with van der Waals surface area (Å²) >= 11 is 0. The monoisotopic (exact) mass is 179 g/mol. The summed E-state index contributed by atoms with van der Waals surface area (Å²) < 4.78 is 13.0. The van der Waals surface area contributed by atoms with Crippen LogP contribution in [0.1, 0.15) is 13.8 Å². The van der Waals surface area contributed by atoms with Gasteiger partial charge in [0.2, 0.25) is 0 Å². The maximum Gasteiger partial charge on any atom is 0.119 e. The number of hydrogen-bond acceptors (Lipinski definition) is 1. The van der Waals surface area contributed by atoms with E-state index in [0.717, 1.165) is 6.54 Å². The van der Waals surface area contributed by atoms with Gasteiger partial charge in [-0.05, 0) is 37.8 Å². The van der Waals surface area contributed by atoms with Crippen molar-refractivity contribution in [3.63, 3.8) is 0 Å². The summed E-state index contributed by atoms with van der Waals surface area (Å²) in [5.41, 5.74) is 1.26. The molecule has 2 atom stereocenters. The van der Waals surface area contributed by atoms with E-state index in [1.807, 2.05) is 6.08 Å². The van der Waals surface area contributed by atoms with Crippen LogP contribution >= 0.6 is 0 Å². The number of likely N-dealkylation sites (N-methyl/N-ethyl adjacent to an activating group) is 1. The maximum absolute atomic E-state index is 13.0. The number of halogens is 1. The molecule has 0 bridgehead atoms. The zero-order valence-electron chi connectivity index (χ0n) is 8.00. The van der Waals surface area contributed by atoms with Crippen molar-refractivity contribution in [2.45, 2.75) is 19.9 Å². The first-order valence-corrected chi connectivity index (χ1v) is 4.72. The van der Waals surface area contributed by atoms with Crippen LogP contribution in [0.15, 0.2) is 35.8 Å². The molecule has 1 aliphatic carbocycles. The van der Waals surface area contributed by atoms with Gasteiger partial charge in [0.25, 0.3) is 0 Å². The Morgan fingerprint density at radius 3 is 3.00 bits per heavy atom. The van der Waals surface area contributed by atoms with Crippen LogP contribution in [-0.2, 0) is 0 Å². The third kappa shape index (κ3) is 1.30. The fraction of sp³-hybridized carbons (Fsp3) is 0.455. The van der Waals surface area contributed by atoms with Gasteiger partial charge in [-0.2, -0.15) is 0 Å². The van der Waals surface area contributed by atoms with Crippen LogP contribution in [0.5, 0.6) is 0 Å². The molecular weight excluding hydrogens is 165 g/mol. The van der Waals surface area contributed by atoms with Crippen molar-refractivity contribution >= 4 is 0 Å². The molecule has 0 aromatic carbocycles. The molecule has 13 heavy (non-hydrogen) atoms. The first-order valence-electron chi connectivity index (χ1n) is 4.72. The van der Waals surface area contributed by atoms with E-state index in [-0.39, 0.29) is 11.7 Å². The number of hydrogen-bond donors (Lipinski definition) is 0. The predicted octanol–water partition coefficient (Wildman–Crippen LogP) is 2.63. The van der Waals surface area contributed by atoms with Crippen molar-refractivity contribution in [2.75, 3.05) is 6.54 Å². The molecule has 0 radical (unpaired) electrons. The molecule has 1 aliphatic heterocycles. The molecule has 2 aliphatic rings. The molecule has 2 heteroatoms. The van der Waals surface area contributed by atoms with Gasteiger partial charge in [-0.15, -0.1) is 0 Å². The fourth-order valence-electron chi connectivity index (χ4n) is 2.09.